The highest BCUT2D eigenvalue weighted by Crippen LogP contribution is 2.41. The number of hydrogen-bond donors (Lipinski definition) is 0. The Morgan fingerprint density at radius 1 is 0.860 bits per heavy atom. The predicted octanol–water partition coefficient (Wildman–Crippen LogP) is 7.48. The van der Waals surface area contributed by atoms with Crippen molar-refractivity contribution in [2.24, 2.45) is 14.1 Å². The van der Waals surface area contributed by atoms with Crippen LogP contribution in [0.2, 0.25) is 0 Å². The van der Waals surface area contributed by atoms with Gasteiger partial charge in [-0.1, -0.05) is 38.1 Å². The van der Waals surface area contributed by atoms with Gasteiger partial charge in [-0.25, -0.2) is 14.1 Å². The van der Waals surface area contributed by atoms with Crippen molar-refractivity contribution in [3.05, 3.63) is 101 Å². The molecule has 43 heavy (non-hydrogen) atoms. The standard InChI is InChI=1S/C36H34FN5O/c1-20(2)24-13-12-17-28-32(24)33-31(36-41(7)25-14-8-9-15-26(25)42(28)36)21(3)29(19-38-33)43-34-22(4)30(23(5)39-35(34)37)27-16-10-11-18-40(27)6/h8-20H,1-7H3/q+2. The molecule has 0 fully saturated rings. The van der Waals surface area contributed by atoms with E-state index in [0.717, 1.165) is 55.3 Å². The van der Waals surface area contributed by atoms with Gasteiger partial charge < -0.3 is 4.74 Å². The molecule has 0 radical (unpaired) electrons. The van der Waals surface area contributed by atoms with Crippen LogP contribution in [-0.4, -0.2) is 14.4 Å². The number of imidazole rings is 1. The smallest absolute Gasteiger partial charge is 0.297 e. The van der Waals surface area contributed by atoms with Gasteiger partial charge in [-0.2, -0.15) is 8.79 Å². The first-order valence-electron chi connectivity index (χ1n) is 14.6. The van der Waals surface area contributed by atoms with Crippen LogP contribution >= 0.6 is 0 Å². The minimum atomic E-state index is -0.637. The number of ether oxygens (including phenoxy) is 1. The van der Waals surface area contributed by atoms with Crippen LogP contribution < -0.4 is 13.9 Å². The molecule has 0 saturated heterocycles. The monoisotopic (exact) mass is 571 g/mol. The number of pyridine rings is 4. The van der Waals surface area contributed by atoms with Gasteiger partial charge in [-0.3, -0.25) is 4.98 Å². The minimum Gasteiger partial charge on any atom is -0.450 e. The molecule has 2 aromatic carbocycles. The van der Waals surface area contributed by atoms with Crippen LogP contribution in [0.3, 0.4) is 0 Å². The third kappa shape index (κ3) is 3.91. The molecule has 6 nitrogen and oxygen atoms in total. The molecule has 0 aliphatic rings. The van der Waals surface area contributed by atoms with Crippen molar-refractivity contribution < 1.29 is 18.3 Å². The van der Waals surface area contributed by atoms with E-state index in [1.165, 1.54) is 5.56 Å². The molecule has 0 aliphatic carbocycles. The second-order valence-corrected chi connectivity index (χ2v) is 11.7. The Balaban J connectivity index is 1.55. The van der Waals surface area contributed by atoms with Crippen molar-refractivity contribution >= 4 is 38.5 Å². The summed E-state index contributed by atoms with van der Waals surface area (Å²) in [6.45, 7) is 10.2. The quantitative estimate of drug-likeness (QED) is 0.125. The molecule has 0 spiro atoms. The van der Waals surface area contributed by atoms with E-state index in [1.807, 2.05) is 56.8 Å². The fourth-order valence-corrected chi connectivity index (χ4v) is 6.66. The molecule has 0 aliphatic heterocycles. The third-order valence-corrected chi connectivity index (χ3v) is 8.76. The predicted molar refractivity (Wildman–Crippen MR) is 168 cm³/mol. The lowest BCUT2D eigenvalue weighted by atomic mass is 9.95. The molecule has 7 aromatic rings. The highest BCUT2D eigenvalue weighted by atomic mass is 19.1. The topological polar surface area (TPSA) is 47.2 Å². The van der Waals surface area contributed by atoms with Crippen molar-refractivity contribution in [2.75, 3.05) is 0 Å². The number of fused-ring (bicyclic) bond motifs is 8. The van der Waals surface area contributed by atoms with Crippen LogP contribution in [0.1, 0.15) is 42.1 Å². The molecule has 5 aromatic heterocycles. The Hall–Kier alpha value is -4.91. The van der Waals surface area contributed by atoms with Gasteiger partial charge in [0.2, 0.25) is 5.69 Å². The highest BCUT2D eigenvalue weighted by molar-refractivity contribution is 6.13. The number of rotatable bonds is 4. The fourth-order valence-electron chi connectivity index (χ4n) is 6.66. The van der Waals surface area contributed by atoms with E-state index in [2.05, 4.69) is 77.3 Å². The van der Waals surface area contributed by atoms with E-state index in [0.29, 0.717) is 22.9 Å². The average molecular weight is 572 g/mol. The number of para-hydroxylation sites is 2. The van der Waals surface area contributed by atoms with E-state index in [4.69, 9.17) is 9.72 Å². The summed E-state index contributed by atoms with van der Waals surface area (Å²) < 4.78 is 28.6. The maximum atomic E-state index is 15.6. The zero-order chi connectivity index (χ0) is 30.2. The highest BCUT2D eigenvalue weighted by Gasteiger charge is 2.29. The van der Waals surface area contributed by atoms with Gasteiger partial charge in [-0.05, 0) is 56.5 Å². The van der Waals surface area contributed by atoms with E-state index in [1.54, 1.807) is 6.20 Å². The van der Waals surface area contributed by atoms with Crippen LogP contribution in [0, 0.1) is 26.7 Å². The molecule has 0 saturated carbocycles. The maximum absolute atomic E-state index is 15.6. The Kier molecular flexibility index (Phi) is 6.16. The lowest BCUT2D eigenvalue weighted by Gasteiger charge is -2.17. The summed E-state index contributed by atoms with van der Waals surface area (Å²) in [6.07, 6.45) is 3.70. The van der Waals surface area contributed by atoms with Crippen molar-refractivity contribution in [1.82, 2.24) is 14.4 Å². The Bertz CT molecular complexity index is 2270. The summed E-state index contributed by atoms with van der Waals surface area (Å²) in [5.41, 5.74) is 10.5. The molecule has 0 bridgehead atoms. The first-order chi connectivity index (χ1) is 20.7. The van der Waals surface area contributed by atoms with Crippen LogP contribution in [0.25, 0.3) is 49.7 Å². The molecule has 0 atom stereocenters. The van der Waals surface area contributed by atoms with Gasteiger partial charge >= 0.3 is 0 Å². The largest absolute Gasteiger partial charge is 0.450 e. The summed E-state index contributed by atoms with van der Waals surface area (Å²) in [4.78, 5) is 9.31. The number of aryl methyl sites for hydroxylation is 4. The summed E-state index contributed by atoms with van der Waals surface area (Å²) in [6, 6.07) is 20.8. The molecule has 0 unspecified atom stereocenters. The van der Waals surface area contributed by atoms with E-state index in [9.17, 15) is 0 Å². The van der Waals surface area contributed by atoms with Gasteiger partial charge in [0.25, 0.3) is 11.6 Å². The Morgan fingerprint density at radius 2 is 1.60 bits per heavy atom. The SMILES string of the molecule is Cc1nc(F)c(Oc2cnc3c4c(C(C)C)cccc4n4c5ccccc5[n+](C)c4c3c2C)c(C)c1-c1cccc[n+]1C. The average Bonchev–Trinajstić information content (AvgIpc) is 3.29. The maximum Gasteiger partial charge on any atom is 0.297 e. The lowest BCUT2D eigenvalue weighted by Crippen LogP contribution is -2.30. The van der Waals surface area contributed by atoms with E-state index >= 15 is 4.39 Å². The summed E-state index contributed by atoms with van der Waals surface area (Å²) >= 11 is 0. The Labute approximate surface area is 249 Å². The van der Waals surface area contributed by atoms with Gasteiger partial charge in [0.1, 0.15) is 18.3 Å². The molecular weight excluding hydrogens is 537 g/mol. The second kappa shape index (κ2) is 9.83. The summed E-state index contributed by atoms with van der Waals surface area (Å²) in [5, 5.41) is 2.10. The zero-order valence-electron chi connectivity index (χ0n) is 25.5. The lowest BCUT2D eigenvalue weighted by molar-refractivity contribution is -0.660. The van der Waals surface area contributed by atoms with Crippen LogP contribution in [0.15, 0.2) is 73.1 Å². The molecular formula is C36H34FN5O+2. The molecule has 7 heteroatoms. The number of nitrogens with zero attached hydrogens (tertiary/aromatic N) is 5. The number of hydrogen-bond acceptors (Lipinski definition) is 3. The summed E-state index contributed by atoms with van der Waals surface area (Å²) in [5.74, 6) is 0.267. The van der Waals surface area contributed by atoms with Crippen LogP contribution in [0.5, 0.6) is 11.5 Å². The number of aromatic nitrogens is 5. The molecule has 5 heterocycles. The van der Waals surface area contributed by atoms with Gasteiger partial charge in [0.15, 0.2) is 23.0 Å². The Morgan fingerprint density at radius 3 is 2.37 bits per heavy atom. The molecule has 0 amide bonds. The van der Waals surface area contributed by atoms with Crippen molar-refractivity contribution in [3.8, 4) is 22.8 Å². The minimum absolute atomic E-state index is 0.110. The van der Waals surface area contributed by atoms with Crippen LogP contribution in [-0.2, 0) is 14.1 Å². The summed E-state index contributed by atoms with van der Waals surface area (Å²) in [7, 11) is 4.06. The second-order valence-electron chi connectivity index (χ2n) is 11.7. The van der Waals surface area contributed by atoms with Crippen LogP contribution in [0.4, 0.5) is 4.39 Å². The van der Waals surface area contributed by atoms with E-state index < -0.39 is 5.95 Å². The van der Waals surface area contributed by atoms with Crippen molar-refractivity contribution in [1.29, 1.82) is 0 Å². The first kappa shape index (κ1) is 27.0. The van der Waals surface area contributed by atoms with Gasteiger partial charge in [0.05, 0.1) is 40.8 Å². The van der Waals surface area contributed by atoms with Crippen molar-refractivity contribution in [2.45, 2.75) is 40.5 Å². The van der Waals surface area contributed by atoms with Gasteiger partial charge in [0, 0.05) is 23.3 Å². The molecule has 0 N–H and O–H groups in total. The zero-order valence-corrected chi connectivity index (χ0v) is 25.5. The first-order valence-corrected chi connectivity index (χ1v) is 14.6. The van der Waals surface area contributed by atoms with Gasteiger partial charge in [-0.15, -0.1) is 0 Å². The fraction of sp³-hybridized carbons (Fsp3) is 0.222. The molecule has 214 valence electrons. The number of benzene rings is 2. The molecule has 7 rings (SSSR count). The normalized spacial score (nSPS) is 11.9. The van der Waals surface area contributed by atoms with Crippen molar-refractivity contribution in [3.63, 3.8) is 0 Å². The van der Waals surface area contributed by atoms with E-state index in [-0.39, 0.29) is 5.75 Å². The third-order valence-electron chi connectivity index (χ3n) is 8.76. The number of halogens is 1.